The molecule has 0 aromatic heterocycles. The predicted octanol–water partition coefficient (Wildman–Crippen LogP) is 2.25. The molecule has 0 amide bonds. The van der Waals surface area contributed by atoms with E-state index in [0.717, 1.165) is 25.7 Å². The van der Waals surface area contributed by atoms with Crippen molar-refractivity contribution in [1.29, 1.82) is 0 Å². The van der Waals surface area contributed by atoms with E-state index in [1.807, 2.05) is 13.8 Å². The van der Waals surface area contributed by atoms with Crippen LogP contribution in [-0.4, -0.2) is 11.1 Å². The van der Waals surface area contributed by atoms with Crippen LogP contribution in [0.3, 0.4) is 0 Å². The van der Waals surface area contributed by atoms with Gasteiger partial charge in [0.2, 0.25) is 0 Å². The van der Waals surface area contributed by atoms with Crippen LogP contribution < -0.4 is 0 Å². The highest BCUT2D eigenvalue weighted by molar-refractivity contribution is 5.82. The molecular weight excluding hydrogens is 128 g/mol. The average molecular weight is 143 g/mol. The summed E-state index contributed by atoms with van der Waals surface area (Å²) in [6.45, 7) is 4.00. The maximum absolute atomic E-state index is 10.4. The third kappa shape index (κ3) is 3.49. The van der Waals surface area contributed by atoms with E-state index in [-0.39, 0.29) is 0 Å². The van der Waals surface area contributed by atoms with Crippen molar-refractivity contribution in [3.63, 3.8) is 0 Å². The summed E-state index contributed by atoms with van der Waals surface area (Å²) in [5.41, 5.74) is 0. The molecule has 0 aliphatic carbocycles. The monoisotopic (exact) mass is 143 g/mol. The fourth-order valence-electron chi connectivity index (χ4n) is 0.942. The van der Waals surface area contributed by atoms with Crippen LogP contribution in [0.2, 0.25) is 0 Å². The molecule has 0 aromatic rings. The van der Waals surface area contributed by atoms with Gasteiger partial charge in [-0.25, -0.2) is 0 Å². The molecule has 2 nitrogen and oxygen atoms in total. The summed E-state index contributed by atoms with van der Waals surface area (Å²) in [7, 11) is 0. The van der Waals surface area contributed by atoms with Gasteiger partial charge in [-0.2, -0.15) is 0 Å². The second-order valence-electron chi connectivity index (χ2n) is 2.41. The lowest BCUT2D eigenvalue weighted by Crippen LogP contribution is -2.10. The molecule has 2 heteroatoms. The van der Waals surface area contributed by atoms with Crippen molar-refractivity contribution in [3.05, 3.63) is 5.92 Å². The lowest BCUT2D eigenvalue weighted by atomic mass is 9.99. The van der Waals surface area contributed by atoms with Crippen LogP contribution in [0.1, 0.15) is 39.5 Å². The normalized spacial score (nSPS) is 10.3. The lowest BCUT2D eigenvalue weighted by Gasteiger charge is -2.06. The third-order valence-corrected chi connectivity index (χ3v) is 1.41. The first-order valence-electron chi connectivity index (χ1n) is 3.80. The van der Waals surface area contributed by atoms with Crippen molar-refractivity contribution in [1.82, 2.24) is 0 Å². The van der Waals surface area contributed by atoms with E-state index in [1.165, 1.54) is 0 Å². The Morgan fingerprint density at radius 1 is 1.20 bits per heavy atom. The molecule has 0 aromatic carbocycles. The molecule has 0 spiro atoms. The van der Waals surface area contributed by atoms with Crippen LogP contribution in [0.5, 0.6) is 0 Å². The number of aliphatic carboxylic acids is 1. The van der Waals surface area contributed by atoms with Crippen LogP contribution in [0, 0.1) is 5.92 Å². The summed E-state index contributed by atoms with van der Waals surface area (Å²) in [5, 5.41) is 8.60. The molecular formula is C8H15O2. The molecule has 0 saturated heterocycles. The van der Waals surface area contributed by atoms with Gasteiger partial charge in [0.1, 0.15) is 0 Å². The first-order valence-corrected chi connectivity index (χ1v) is 3.80. The molecule has 59 valence electrons. The summed E-state index contributed by atoms with van der Waals surface area (Å²) < 4.78 is 0. The number of hydrogen-bond donors (Lipinski definition) is 1. The van der Waals surface area contributed by atoms with E-state index in [1.54, 1.807) is 0 Å². The van der Waals surface area contributed by atoms with Gasteiger partial charge in [0, 0.05) is 0 Å². The van der Waals surface area contributed by atoms with Gasteiger partial charge in [-0.3, -0.25) is 4.79 Å². The molecule has 1 N–H and O–H groups in total. The minimum Gasteiger partial charge on any atom is -0.481 e. The van der Waals surface area contributed by atoms with Crippen LogP contribution in [0.4, 0.5) is 0 Å². The van der Waals surface area contributed by atoms with E-state index in [0.29, 0.717) is 5.92 Å². The molecule has 0 aliphatic rings. The molecule has 0 aliphatic heterocycles. The van der Waals surface area contributed by atoms with Crippen LogP contribution in [-0.2, 0) is 4.79 Å². The molecule has 0 fully saturated rings. The van der Waals surface area contributed by atoms with Crippen LogP contribution >= 0.6 is 0 Å². The Kier molecular flexibility index (Phi) is 4.99. The van der Waals surface area contributed by atoms with E-state index in [2.05, 4.69) is 0 Å². The summed E-state index contributed by atoms with van der Waals surface area (Å²) in [5.74, 6) is -0.0475. The molecule has 1 radical (unpaired) electrons. The first kappa shape index (κ1) is 9.47. The van der Waals surface area contributed by atoms with Gasteiger partial charge in [0.15, 0.2) is 0 Å². The maximum atomic E-state index is 10.4. The van der Waals surface area contributed by atoms with Gasteiger partial charge < -0.3 is 5.11 Å². The summed E-state index contributed by atoms with van der Waals surface area (Å²) in [6.07, 6.45) is 3.34. The highest BCUT2D eigenvalue weighted by atomic mass is 16.4. The van der Waals surface area contributed by atoms with Gasteiger partial charge in [-0.1, -0.05) is 26.7 Å². The van der Waals surface area contributed by atoms with Crippen molar-refractivity contribution in [2.24, 2.45) is 0 Å². The Hall–Kier alpha value is -0.530. The molecule has 0 heterocycles. The van der Waals surface area contributed by atoms with Crippen molar-refractivity contribution >= 4 is 5.97 Å². The van der Waals surface area contributed by atoms with E-state index in [9.17, 15) is 4.79 Å². The Labute approximate surface area is 62.2 Å². The minimum atomic E-state index is -0.719. The first-order chi connectivity index (χ1) is 4.72. The standard InChI is InChI=1S/C8H15O2/c1-3-5-7(6-4-2)8(9)10/h3-6H2,1-2H3,(H,9,10). The fourth-order valence-corrected chi connectivity index (χ4v) is 0.942. The zero-order chi connectivity index (χ0) is 7.98. The third-order valence-electron chi connectivity index (χ3n) is 1.41. The number of carboxylic acids is 1. The van der Waals surface area contributed by atoms with E-state index >= 15 is 0 Å². The van der Waals surface area contributed by atoms with Gasteiger partial charge in [-0.05, 0) is 12.8 Å². The minimum absolute atomic E-state index is 0.671. The maximum Gasteiger partial charge on any atom is 0.310 e. The van der Waals surface area contributed by atoms with Crippen molar-refractivity contribution < 1.29 is 9.90 Å². The van der Waals surface area contributed by atoms with Gasteiger partial charge in [0.25, 0.3) is 0 Å². The molecule has 0 bridgehead atoms. The van der Waals surface area contributed by atoms with Crippen LogP contribution in [0.15, 0.2) is 0 Å². The Balaban J connectivity index is 3.61. The Morgan fingerprint density at radius 2 is 1.60 bits per heavy atom. The molecule has 10 heavy (non-hydrogen) atoms. The van der Waals surface area contributed by atoms with Gasteiger partial charge >= 0.3 is 5.97 Å². The summed E-state index contributed by atoms with van der Waals surface area (Å²) in [6, 6.07) is 0. The molecule has 0 atom stereocenters. The second kappa shape index (κ2) is 5.27. The van der Waals surface area contributed by atoms with Crippen molar-refractivity contribution in [2.75, 3.05) is 0 Å². The highest BCUT2D eigenvalue weighted by Gasteiger charge is 2.14. The predicted molar refractivity (Wildman–Crippen MR) is 40.7 cm³/mol. The Bertz CT molecular complexity index is 93.4. The van der Waals surface area contributed by atoms with Crippen molar-refractivity contribution in [2.45, 2.75) is 39.5 Å². The zero-order valence-electron chi connectivity index (χ0n) is 6.68. The average Bonchev–Trinajstić information content (AvgIpc) is 1.87. The van der Waals surface area contributed by atoms with Crippen molar-refractivity contribution in [3.8, 4) is 0 Å². The number of carboxylic acid groups (broad SMARTS) is 1. The van der Waals surface area contributed by atoms with Crippen LogP contribution in [0.25, 0.3) is 0 Å². The van der Waals surface area contributed by atoms with Gasteiger partial charge in [0.05, 0.1) is 5.92 Å². The lowest BCUT2D eigenvalue weighted by molar-refractivity contribution is -0.135. The topological polar surface area (TPSA) is 37.3 Å². The van der Waals surface area contributed by atoms with E-state index in [4.69, 9.17) is 5.11 Å². The fraction of sp³-hybridized carbons (Fsp3) is 0.750. The quantitative estimate of drug-likeness (QED) is 0.640. The second-order valence-corrected chi connectivity index (χ2v) is 2.41. The largest absolute Gasteiger partial charge is 0.481 e. The number of hydrogen-bond acceptors (Lipinski definition) is 1. The summed E-state index contributed by atoms with van der Waals surface area (Å²) >= 11 is 0. The SMILES string of the molecule is CCC[C](CCC)C(=O)O. The number of carbonyl (C=O) groups is 1. The molecule has 0 saturated carbocycles. The van der Waals surface area contributed by atoms with E-state index < -0.39 is 5.97 Å². The Morgan fingerprint density at radius 3 is 1.80 bits per heavy atom. The molecule has 0 unspecified atom stereocenters. The smallest absolute Gasteiger partial charge is 0.310 e. The molecule has 0 rings (SSSR count). The zero-order valence-corrected chi connectivity index (χ0v) is 6.68. The van der Waals surface area contributed by atoms with Gasteiger partial charge in [-0.15, -0.1) is 0 Å². The number of rotatable bonds is 5. The summed E-state index contributed by atoms with van der Waals surface area (Å²) in [4.78, 5) is 10.4. The highest BCUT2D eigenvalue weighted by Crippen LogP contribution is 2.15.